The molecule has 0 aromatic heterocycles. The molecule has 2 saturated carbocycles. The fourth-order valence-electron chi connectivity index (χ4n) is 4.96. The summed E-state index contributed by atoms with van der Waals surface area (Å²) in [6, 6.07) is 5.50. The lowest BCUT2D eigenvalue weighted by molar-refractivity contribution is -0.154. The van der Waals surface area contributed by atoms with Crippen LogP contribution in [0.3, 0.4) is 0 Å². The van der Waals surface area contributed by atoms with Gasteiger partial charge in [-0.15, -0.1) is 23.2 Å². The Morgan fingerprint density at radius 3 is 2.30 bits per heavy atom. The molecule has 30 heavy (non-hydrogen) atoms. The number of benzene rings is 1. The van der Waals surface area contributed by atoms with Gasteiger partial charge in [-0.2, -0.15) is 0 Å². The molecule has 1 aromatic rings. The Morgan fingerprint density at radius 2 is 1.70 bits per heavy atom. The Morgan fingerprint density at radius 1 is 1.10 bits per heavy atom. The van der Waals surface area contributed by atoms with Crippen molar-refractivity contribution in [3.8, 4) is 0 Å². The van der Waals surface area contributed by atoms with Crippen LogP contribution in [0.5, 0.6) is 0 Å². The highest BCUT2D eigenvalue weighted by atomic mass is 35.5. The van der Waals surface area contributed by atoms with Gasteiger partial charge >= 0.3 is 5.97 Å². The van der Waals surface area contributed by atoms with Gasteiger partial charge < -0.3 is 10.1 Å². The molecule has 3 amide bonds. The molecule has 0 radical (unpaired) electrons. The van der Waals surface area contributed by atoms with Crippen molar-refractivity contribution in [1.82, 2.24) is 4.90 Å². The van der Waals surface area contributed by atoms with E-state index in [1.807, 2.05) is 26.0 Å². The summed E-state index contributed by atoms with van der Waals surface area (Å²) in [6.45, 7) is 2.78. The maximum atomic E-state index is 12.7. The molecule has 3 fully saturated rings. The quantitative estimate of drug-likeness (QED) is 0.420. The predicted molar refractivity (Wildman–Crippen MR) is 110 cm³/mol. The molecule has 1 aliphatic heterocycles. The van der Waals surface area contributed by atoms with Crippen LogP contribution in [-0.4, -0.2) is 52.5 Å². The minimum atomic E-state index is -0.815. The fraction of sp³-hybridized carbons (Fsp3) is 0.524. The van der Waals surface area contributed by atoms with Gasteiger partial charge in [0.15, 0.2) is 6.61 Å². The topological polar surface area (TPSA) is 92.8 Å². The number of imide groups is 1. The summed E-state index contributed by atoms with van der Waals surface area (Å²) in [6.07, 6.45) is 0.659. The molecule has 6 atom stereocenters. The molecule has 7 nitrogen and oxygen atoms in total. The van der Waals surface area contributed by atoms with Crippen LogP contribution < -0.4 is 5.32 Å². The third-order valence-electron chi connectivity index (χ3n) is 6.61. The predicted octanol–water partition coefficient (Wildman–Crippen LogP) is 2.25. The largest absolute Gasteiger partial charge is 0.454 e. The zero-order valence-electron chi connectivity index (χ0n) is 16.6. The number of anilines is 1. The number of esters is 1. The number of likely N-dealkylation sites (tertiary alicyclic amines) is 1. The maximum absolute atomic E-state index is 12.7. The second kappa shape index (κ2) is 7.85. The van der Waals surface area contributed by atoms with Crippen LogP contribution in [0.1, 0.15) is 17.5 Å². The van der Waals surface area contributed by atoms with E-state index in [-0.39, 0.29) is 22.6 Å². The third-order valence-corrected chi connectivity index (χ3v) is 7.93. The molecule has 1 heterocycles. The van der Waals surface area contributed by atoms with Crippen molar-refractivity contribution in [2.45, 2.75) is 31.0 Å². The van der Waals surface area contributed by atoms with Crippen LogP contribution in [0, 0.1) is 37.5 Å². The zero-order valence-corrected chi connectivity index (χ0v) is 18.1. The van der Waals surface area contributed by atoms with Crippen LogP contribution in [0.15, 0.2) is 18.2 Å². The summed E-state index contributed by atoms with van der Waals surface area (Å²) < 4.78 is 4.99. The zero-order chi connectivity index (χ0) is 21.7. The monoisotopic (exact) mass is 452 g/mol. The van der Waals surface area contributed by atoms with Gasteiger partial charge in [0.2, 0.25) is 11.8 Å². The van der Waals surface area contributed by atoms with Gasteiger partial charge in [0.05, 0.1) is 22.6 Å². The first kappa shape index (κ1) is 21.1. The number of hydrogen-bond acceptors (Lipinski definition) is 5. The summed E-state index contributed by atoms with van der Waals surface area (Å²) >= 11 is 12.6. The molecule has 1 saturated heterocycles. The molecule has 4 rings (SSSR count). The number of nitrogens with one attached hydrogen (secondary N) is 1. The number of amides is 3. The lowest BCUT2D eigenvalue weighted by Crippen LogP contribution is -2.38. The molecular formula is C21H22Cl2N2O5. The van der Waals surface area contributed by atoms with Gasteiger partial charge in [0.1, 0.15) is 6.54 Å². The van der Waals surface area contributed by atoms with Crippen molar-refractivity contribution in [1.29, 1.82) is 0 Å². The van der Waals surface area contributed by atoms with Crippen molar-refractivity contribution in [2.75, 3.05) is 18.5 Å². The molecule has 3 aliphatic rings. The first-order chi connectivity index (χ1) is 14.2. The second-order valence-corrected chi connectivity index (χ2v) is 9.23. The number of carbonyl (C=O) groups excluding carboxylic acids is 4. The molecule has 1 aromatic carbocycles. The van der Waals surface area contributed by atoms with E-state index in [0.717, 1.165) is 16.0 Å². The summed E-state index contributed by atoms with van der Waals surface area (Å²) in [5.41, 5.74) is 2.58. The van der Waals surface area contributed by atoms with Crippen LogP contribution in [0.4, 0.5) is 5.69 Å². The number of rotatable bonds is 5. The highest BCUT2D eigenvalue weighted by Crippen LogP contribution is 2.59. The van der Waals surface area contributed by atoms with Crippen LogP contribution in [-0.2, 0) is 23.9 Å². The minimum Gasteiger partial charge on any atom is -0.454 e. The molecule has 2 bridgehead atoms. The first-order valence-electron chi connectivity index (χ1n) is 9.85. The number of alkyl halides is 2. The van der Waals surface area contributed by atoms with Gasteiger partial charge in [0, 0.05) is 5.69 Å². The second-order valence-electron chi connectivity index (χ2n) is 8.22. The first-order valence-corrected chi connectivity index (χ1v) is 10.7. The van der Waals surface area contributed by atoms with E-state index < -0.39 is 48.7 Å². The van der Waals surface area contributed by atoms with Crippen molar-refractivity contribution in [3.63, 3.8) is 0 Å². The van der Waals surface area contributed by atoms with Crippen LogP contribution in [0.2, 0.25) is 0 Å². The normalized spacial score (nSPS) is 31.8. The Hall–Kier alpha value is -2.12. The lowest BCUT2D eigenvalue weighted by atomic mass is 9.80. The highest BCUT2D eigenvalue weighted by Gasteiger charge is 2.66. The molecule has 2 aliphatic carbocycles. The number of carbonyl (C=O) groups is 4. The van der Waals surface area contributed by atoms with E-state index in [2.05, 4.69) is 5.32 Å². The number of nitrogens with zero attached hydrogens (tertiary/aromatic N) is 1. The van der Waals surface area contributed by atoms with Crippen LogP contribution in [0.25, 0.3) is 0 Å². The molecule has 1 N–H and O–H groups in total. The van der Waals surface area contributed by atoms with Gasteiger partial charge in [0.25, 0.3) is 5.91 Å². The molecular weight excluding hydrogens is 431 g/mol. The van der Waals surface area contributed by atoms with E-state index in [1.54, 1.807) is 6.07 Å². The van der Waals surface area contributed by atoms with E-state index in [9.17, 15) is 19.2 Å². The van der Waals surface area contributed by atoms with Gasteiger partial charge in [-0.05, 0) is 49.3 Å². The number of fused-ring (bicyclic) bond motifs is 5. The summed E-state index contributed by atoms with van der Waals surface area (Å²) in [4.78, 5) is 50.7. The number of hydrogen-bond donors (Lipinski definition) is 1. The minimum absolute atomic E-state index is 0.148. The summed E-state index contributed by atoms with van der Waals surface area (Å²) in [5, 5.41) is 1.98. The molecule has 0 unspecified atom stereocenters. The lowest BCUT2D eigenvalue weighted by Gasteiger charge is -2.28. The Kier molecular flexibility index (Phi) is 5.53. The molecule has 0 spiro atoms. The van der Waals surface area contributed by atoms with Crippen molar-refractivity contribution in [3.05, 3.63) is 29.3 Å². The van der Waals surface area contributed by atoms with Gasteiger partial charge in [-0.1, -0.05) is 12.1 Å². The number of halogens is 2. The van der Waals surface area contributed by atoms with Crippen molar-refractivity contribution < 1.29 is 23.9 Å². The molecule has 9 heteroatoms. The summed E-state index contributed by atoms with van der Waals surface area (Å²) in [7, 11) is 0. The van der Waals surface area contributed by atoms with Crippen LogP contribution >= 0.6 is 23.2 Å². The Labute approximate surface area is 184 Å². The number of aryl methyl sites for hydroxylation is 1. The SMILES string of the molecule is Cc1cccc(NC(=O)COC(=O)CN2C(=O)[C@@H]3[C@H]4C[C@@H]([C@H](Cl)[C@H]4Cl)[C@H]3C2=O)c1C. The standard InChI is InChI=1S/C21H22Cl2N2O5/c1-9-4-3-5-13(10(9)2)24-14(26)8-30-15(27)7-25-20(28)16-11-6-12(17(16)21(25)29)19(23)18(11)22/h3-5,11-12,16-19H,6-8H2,1-2H3,(H,24,26)/t11-,12-,16-,17-,18+,19+/m1/s1. The maximum Gasteiger partial charge on any atom is 0.326 e. The highest BCUT2D eigenvalue weighted by molar-refractivity contribution is 6.31. The van der Waals surface area contributed by atoms with E-state index in [4.69, 9.17) is 27.9 Å². The van der Waals surface area contributed by atoms with Crippen molar-refractivity contribution >= 4 is 52.6 Å². The van der Waals surface area contributed by atoms with Crippen molar-refractivity contribution in [2.24, 2.45) is 23.7 Å². The van der Waals surface area contributed by atoms with E-state index in [0.29, 0.717) is 12.1 Å². The smallest absolute Gasteiger partial charge is 0.326 e. The van der Waals surface area contributed by atoms with E-state index >= 15 is 0 Å². The molecule has 160 valence electrons. The Bertz CT molecular complexity index is 904. The average Bonchev–Trinajstić information content (AvgIpc) is 3.31. The van der Waals surface area contributed by atoms with Gasteiger partial charge in [-0.3, -0.25) is 24.1 Å². The van der Waals surface area contributed by atoms with Gasteiger partial charge in [-0.25, -0.2) is 0 Å². The number of ether oxygens (including phenoxy) is 1. The Balaban J connectivity index is 1.33. The third kappa shape index (κ3) is 3.38. The van der Waals surface area contributed by atoms with E-state index in [1.165, 1.54) is 0 Å². The average molecular weight is 453 g/mol. The fourth-order valence-corrected chi connectivity index (χ4v) is 5.85. The summed E-state index contributed by atoms with van der Waals surface area (Å²) in [5.74, 6) is -3.44.